The average molecular weight is 317 g/mol. The summed E-state index contributed by atoms with van der Waals surface area (Å²) < 4.78 is 1.02. The molecule has 2 heterocycles. The van der Waals surface area contributed by atoms with Crippen LogP contribution in [-0.4, -0.2) is 43.9 Å². The van der Waals surface area contributed by atoms with Crippen molar-refractivity contribution in [2.75, 3.05) is 0 Å². The molecule has 1 aliphatic carbocycles. The number of carbonyl (C=O) groups excluding carboxylic acids is 1. The van der Waals surface area contributed by atoms with Crippen LogP contribution in [0.5, 0.6) is 0 Å². The Bertz CT molecular complexity index is 768. The smallest absolute Gasteiger partial charge is 0.416 e. The van der Waals surface area contributed by atoms with Gasteiger partial charge in [-0.3, -0.25) is 9.78 Å². The predicted molar refractivity (Wildman–Crippen MR) is 83.6 cm³/mol. The summed E-state index contributed by atoms with van der Waals surface area (Å²) in [6.45, 7) is 1.77. The molecular weight excluding hydrogens is 298 g/mol. The van der Waals surface area contributed by atoms with Crippen molar-refractivity contribution in [1.29, 1.82) is 0 Å². The molecule has 3 rings (SSSR count). The molecule has 3 N–H and O–H groups in total. The van der Waals surface area contributed by atoms with Gasteiger partial charge in [0.2, 0.25) is 0 Å². The molecule has 0 aliphatic heterocycles. The molecule has 2 atom stereocenters. The number of aryl methyl sites for hydroxylation is 1. The van der Waals surface area contributed by atoms with Gasteiger partial charge in [0, 0.05) is 12.4 Å². The zero-order valence-electron chi connectivity index (χ0n) is 12.8. The van der Waals surface area contributed by atoms with E-state index in [4.69, 9.17) is 0 Å². The molecule has 0 radical (unpaired) electrons. The number of aromatic nitrogens is 2. The minimum atomic E-state index is -1.16. The number of aliphatic hydroxyl groups is 1. The van der Waals surface area contributed by atoms with Gasteiger partial charge < -0.3 is 15.5 Å². The van der Waals surface area contributed by atoms with E-state index in [0.717, 1.165) is 29.4 Å². The van der Waals surface area contributed by atoms with E-state index < -0.39 is 18.1 Å². The van der Waals surface area contributed by atoms with Crippen LogP contribution < -0.4 is 5.32 Å². The number of amides is 1. The Kier molecular flexibility index (Phi) is 4.04. The van der Waals surface area contributed by atoms with Crippen LogP contribution in [0.15, 0.2) is 18.5 Å². The molecule has 0 bridgehead atoms. The van der Waals surface area contributed by atoms with Crippen molar-refractivity contribution < 1.29 is 19.8 Å². The van der Waals surface area contributed by atoms with Crippen molar-refractivity contribution in [2.45, 2.75) is 44.8 Å². The monoisotopic (exact) mass is 317 g/mol. The third kappa shape index (κ3) is 2.79. The van der Waals surface area contributed by atoms with Crippen LogP contribution >= 0.6 is 0 Å². The second-order valence-corrected chi connectivity index (χ2v) is 5.95. The Labute approximate surface area is 132 Å². The number of carbonyl (C=O) groups is 2. The third-order valence-electron chi connectivity index (χ3n) is 4.38. The minimum Gasteiger partial charge on any atom is -0.464 e. The number of hydrogen-bond acceptors (Lipinski definition) is 4. The highest BCUT2D eigenvalue weighted by Gasteiger charge is 2.27. The summed E-state index contributed by atoms with van der Waals surface area (Å²) in [4.78, 5) is 28.1. The first-order valence-electron chi connectivity index (χ1n) is 7.68. The maximum atomic E-state index is 12.6. The predicted octanol–water partition coefficient (Wildman–Crippen LogP) is 1.90. The highest BCUT2D eigenvalue weighted by atomic mass is 16.4. The number of nitrogens with one attached hydrogen (secondary N) is 1. The summed E-state index contributed by atoms with van der Waals surface area (Å²) in [6.07, 6.45) is 4.41. The van der Waals surface area contributed by atoms with Crippen LogP contribution in [0.25, 0.3) is 11.0 Å². The number of pyridine rings is 1. The molecule has 1 aliphatic rings. The van der Waals surface area contributed by atoms with Gasteiger partial charge in [-0.2, -0.15) is 0 Å². The van der Waals surface area contributed by atoms with E-state index in [9.17, 15) is 19.8 Å². The molecule has 1 fully saturated rings. The normalized spacial score (nSPS) is 21.3. The van der Waals surface area contributed by atoms with Crippen molar-refractivity contribution in [3.63, 3.8) is 0 Å². The number of nitrogens with zero attached hydrogens (tertiary/aromatic N) is 2. The maximum absolute atomic E-state index is 12.6. The van der Waals surface area contributed by atoms with Crippen LogP contribution in [-0.2, 0) is 0 Å². The molecule has 0 spiro atoms. The van der Waals surface area contributed by atoms with Gasteiger partial charge in [0.25, 0.3) is 5.91 Å². The van der Waals surface area contributed by atoms with Gasteiger partial charge in [0.15, 0.2) is 0 Å². The molecule has 2 aromatic heterocycles. The lowest BCUT2D eigenvalue weighted by Gasteiger charge is -2.28. The Morgan fingerprint density at radius 1 is 1.35 bits per heavy atom. The fraction of sp³-hybridized carbons (Fsp3) is 0.438. The zero-order valence-corrected chi connectivity index (χ0v) is 12.8. The second kappa shape index (κ2) is 6.00. The molecule has 7 nitrogen and oxygen atoms in total. The van der Waals surface area contributed by atoms with E-state index in [-0.39, 0.29) is 11.6 Å². The fourth-order valence-electron chi connectivity index (χ4n) is 3.15. The Balaban J connectivity index is 1.97. The molecule has 23 heavy (non-hydrogen) atoms. The Hall–Kier alpha value is -2.41. The number of rotatable bonds is 2. The third-order valence-corrected chi connectivity index (χ3v) is 4.38. The summed E-state index contributed by atoms with van der Waals surface area (Å²) in [5, 5.41) is 22.1. The van der Waals surface area contributed by atoms with E-state index in [1.165, 1.54) is 6.20 Å². The summed E-state index contributed by atoms with van der Waals surface area (Å²) in [7, 11) is 0. The van der Waals surface area contributed by atoms with Gasteiger partial charge >= 0.3 is 6.09 Å². The van der Waals surface area contributed by atoms with Gasteiger partial charge in [-0.25, -0.2) is 9.36 Å². The lowest BCUT2D eigenvalue weighted by Crippen LogP contribution is -2.45. The molecule has 0 unspecified atom stereocenters. The fourth-order valence-corrected chi connectivity index (χ4v) is 3.15. The Morgan fingerprint density at radius 3 is 2.78 bits per heavy atom. The van der Waals surface area contributed by atoms with Crippen molar-refractivity contribution in [3.05, 3.63) is 29.6 Å². The summed E-state index contributed by atoms with van der Waals surface area (Å²) in [5.41, 5.74) is 1.71. The van der Waals surface area contributed by atoms with E-state index in [2.05, 4.69) is 10.3 Å². The van der Waals surface area contributed by atoms with Gasteiger partial charge in [-0.05, 0) is 31.4 Å². The highest BCUT2D eigenvalue weighted by molar-refractivity contribution is 6.08. The molecular formula is C16H19N3O4. The number of carboxylic acid groups (broad SMARTS) is 1. The molecule has 122 valence electrons. The van der Waals surface area contributed by atoms with Crippen LogP contribution in [0.3, 0.4) is 0 Å². The minimum absolute atomic E-state index is 0.212. The highest BCUT2D eigenvalue weighted by Crippen LogP contribution is 2.24. The van der Waals surface area contributed by atoms with Crippen LogP contribution in [0.2, 0.25) is 0 Å². The lowest BCUT2D eigenvalue weighted by atomic mass is 9.92. The molecule has 0 saturated heterocycles. The SMILES string of the molecule is Cc1ccnc2c(C(=O)N[C@H]3CCCC[C@@H]3O)cn(C(=O)O)c12. The Morgan fingerprint density at radius 2 is 2.09 bits per heavy atom. The van der Waals surface area contributed by atoms with Crippen LogP contribution in [0.4, 0.5) is 4.79 Å². The van der Waals surface area contributed by atoms with Crippen LogP contribution in [0, 0.1) is 6.92 Å². The van der Waals surface area contributed by atoms with E-state index in [1.807, 2.05) is 0 Å². The molecule has 0 aromatic carbocycles. The summed E-state index contributed by atoms with van der Waals surface area (Å²) in [6, 6.07) is 1.40. The largest absolute Gasteiger partial charge is 0.464 e. The number of aliphatic hydroxyl groups excluding tert-OH is 1. The summed E-state index contributed by atoms with van der Waals surface area (Å²) in [5.74, 6) is -0.404. The first kappa shape index (κ1) is 15.5. The van der Waals surface area contributed by atoms with E-state index in [0.29, 0.717) is 17.5 Å². The van der Waals surface area contributed by atoms with E-state index >= 15 is 0 Å². The number of hydrogen-bond donors (Lipinski definition) is 3. The molecule has 2 aromatic rings. The van der Waals surface area contributed by atoms with Gasteiger partial charge in [-0.1, -0.05) is 12.8 Å². The topological polar surface area (TPSA) is 104 Å². The van der Waals surface area contributed by atoms with Gasteiger partial charge in [0.05, 0.1) is 23.2 Å². The van der Waals surface area contributed by atoms with Gasteiger partial charge in [0.1, 0.15) is 5.52 Å². The lowest BCUT2D eigenvalue weighted by molar-refractivity contribution is 0.0718. The molecule has 1 amide bonds. The zero-order chi connectivity index (χ0) is 16.6. The van der Waals surface area contributed by atoms with Gasteiger partial charge in [-0.15, -0.1) is 0 Å². The quantitative estimate of drug-likeness (QED) is 0.785. The van der Waals surface area contributed by atoms with Crippen LogP contribution in [0.1, 0.15) is 41.6 Å². The van der Waals surface area contributed by atoms with Crippen molar-refractivity contribution >= 4 is 23.0 Å². The first-order valence-corrected chi connectivity index (χ1v) is 7.68. The first-order chi connectivity index (χ1) is 11.0. The van der Waals surface area contributed by atoms with Crippen molar-refractivity contribution in [2.24, 2.45) is 0 Å². The standard InChI is InChI=1S/C16H19N3O4/c1-9-6-7-17-13-10(8-19(14(9)13)16(22)23)15(21)18-11-4-2-3-5-12(11)20/h6-8,11-12,20H,2-5H2,1H3,(H,18,21)(H,22,23)/t11-,12-/m0/s1. The molecule has 1 saturated carbocycles. The summed E-state index contributed by atoms with van der Waals surface area (Å²) >= 11 is 0. The second-order valence-electron chi connectivity index (χ2n) is 5.95. The maximum Gasteiger partial charge on any atom is 0.416 e. The van der Waals surface area contributed by atoms with E-state index in [1.54, 1.807) is 19.2 Å². The number of fused-ring (bicyclic) bond motifs is 1. The molecule has 7 heteroatoms. The average Bonchev–Trinajstić information content (AvgIpc) is 2.91. The van der Waals surface area contributed by atoms with Crippen molar-refractivity contribution in [3.8, 4) is 0 Å². The van der Waals surface area contributed by atoms with Crippen molar-refractivity contribution in [1.82, 2.24) is 14.9 Å².